The number of aromatic nitrogens is 3. The van der Waals surface area contributed by atoms with Crippen molar-refractivity contribution in [2.45, 2.75) is 58.3 Å². The number of hydrogen-bond donors (Lipinski definition) is 0. The average Bonchev–Trinajstić information content (AvgIpc) is 2.90. The topological polar surface area (TPSA) is 77.2 Å². The number of allylic oxidation sites excluding steroid dienone is 2. The lowest BCUT2D eigenvalue weighted by molar-refractivity contribution is -0.121. The summed E-state index contributed by atoms with van der Waals surface area (Å²) >= 11 is 0. The molecule has 0 spiro atoms. The minimum atomic E-state index is -0.671. The molecule has 3 aromatic rings. The Hall–Kier alpha value is -4.05. The van der Waals surface area contributed by atoms with E-state index in [0.29, 0.717) is 42.8 Å². The van der Waals surface area contributed by atoms with Gasteiger partial charge in [0.2, 0.25) is 5.70 Å². The number of benzene rings is 1. The van der Waals surface area contributed by atoms with Crippen LogP contribution in [0.25, 0.3) is 27.5 Å². The number of rotatable bonds is 6. The summed E-state index contributed by atoms with van der Waals surface area (Å²) in [5, 5.41) is 0. The van der Waals surface area contributed by atoms with E-state index in [9.17, 15) is 9.59 Å². The van der Waals surface area contributed by atoms with Gasteiger partial charge < -0.3 is 9.59 Å². The van der Waals surface area contributed by atoms with E-state index < -0.39 is 5.41 Å². The Kier molecular flexibility index (Phi) is 6.75. The molecule has 6 nitrogen and oxygen atoms in total. The molecule has 0 radical (unpaired) electrons. The quantitative estimate of drug-likeness (QED) is 0.376. The maximum Gasteiger partial charge on any atom is 0.226 e. The normalized spacial score (nSPS) is 22.2. The Bertz CT molecular complexity index is 1520. The molecule has 0 saturated heterocycles. The van der Waals surface area contributed by atoms with E-state index in [2.05, 4.69) is 9.83 Å². The second kappa shape index (κ2) is 10.0. The number of pyridine rings is 1. The van der Waals surface area contributed by atoms with Crippen LogP contribution in [0.1, 0.15) is 57.0 Å². The number of Topliss-reactive ketones (excluding diaryl/α,β-unsaturated/α-hetero) is 2. The molecule has 7 heteroatoms. The molecule has 0 fully saturated rings. The molecule has 192 valence electrons. The zero-order chi connectivity index (χ0) is 27.0. The minimum Gasteiger partial charge on any atom is -0.308 e. The molecular weight excluding hydrogens is 479 g/mol. The van der Waals surface area contributed by atoms with Gasteiger partial charge in [0.05, 0.1) is 18.0 Å². The van der Waals surface area contributed by atoms with Gasteiger partial charge in [0.1, 0.15) is 11.6 Å². The van der Waals surface area contributed by atoms with Crippen molar-refractivity contribution in [2.24, 2.45) is 11.8 Å². The van der Waals surface area contributed by atoms with Crippen LogP contribution in [0.3, 0.4) is 0 Å². The maximum absolute atomic E-state index is 15.1. The lowest BCUT2D eigenvalue weighted by Crippen LogP contribution is -2.46. The number of carbonyl (C=O) groups excluding carboxylic acids is 2. The fourth-order valence-electron chi connectivity index (χ4n) is 6.02. The van der Waals surface area contributed by atoms with Crippen molar-refractivity contribution in [1.82, 2.24) is 15.0 Å². The molecule has 2 aliphatic rings. The van der Waals surface area contributed by atoms with Crippen LogP contribution < -0.4 is 0 Å². The zero-order valence-electron chi connectivity index (χ0n) is 21.8. The van der Waals surface area contributed by atoms with E-state index in [1.165, 1.54) is 6.07 Å². The van der Waals surface area contributed by atoms with E-state index in [-0.39, 0.29) is 34.9 Å². The molecule has 0 N–H and O–H groups in total. The van der Waals surface area contributed by atoms with Gasteiger partial charge in [-0.25, -0.2) is 19.2 Å². The standard InChI is InChI=1S/C31H29FN4O2/c1-18(37)8-7-9-21-16-20(14-15-34-21)30-35-27(22-10-5-6-11-25(22)32)23-12-13-24-19(2)28(38)26(33-4)17-31(24,3)29(23)36-30/h5-6,10-11,14-17,19,24H,7-9,12-13H2,1-3H3/t19-,24-,31-/m1/s1. The number of ketones is 2. The number of fused-ring (bicyclic) bond motifs is 3. The van der Waals surface area contributed by atoms with E-state index >= 15 is 4.39 Å². The highest BCUT2D eigenvalue weighted by Gasteiger charge is 2.49. The van der Waals surface area contributed by atoms with Crippen LogP contribution in [0.5, 0.6) is 0 Å². The van der Waals surface area contributed by atoms with Gasteiger partial charge in [-0.1, -0.05) is 32.1 Å². The van der Waals surface area contributed by atoms with Gasteiger partial charge in [-0.15, -0.1) is 0 Å². The molecule has 0 amide bonds. The molecular formula is C31H29FN4O2. The number of hydrogen-bond acceptors (Lipinski definition) is 5. The second-order valence-corrected chi connectivity index (χ2v) is 10.5. The fourth-order valence-corrected chi connectivity index (χ4v) is 6.02. The lowest BCUT2D eigenvalue weighted by Gasteiger charge is -2.46. The smallest absolute Gasteiger partial charge is 0.226 e. The lowest BCUT2D eigenvalue weighted by atomic mass is 9.58. The molecule has 0 saturated carbocycles. The van der Waals surface area contributed by atoms with Crippen LogP contribution in [-0.4, -0.2) is 26.5 Å². The Labute approximate surface area is 221 Å². The predicted octanol–water partition coefficient (Wildman–Crippen LogP) is 6.10. The molecule has 0 bridgehead atoms. The summed E-state index contributed by atoms with van der Waals surface area (Å²) < 4.78 is 15.1. The molecule has 3 atom stereocenters. The third kappa shape index (κ3) is 4.45. The largest absolute Gasteiger partial charge is 0.308 e. The third-order valence-corrected chi connectivity index (χ3v) is 7.99. The van der Waals surface area contributed by atoms with Crippen molar-refractivity contribution >= 4 is 11.6 Å². The summed E-state index contributed by atoms with van der Waals surface area (Å²) in [4.78, 5) is 42.2. The summed E-state index contributed by atoms with van der Waals surface area (Å²) in [7, 11) is 0. The SMILES string of the molecule is [C-]#[N+]C1=C[C@@]2(C)c3nc(-c4ccnc(CCCC(C)=O)c4)nc(-c4ccccc4F)c3CC[C@@H]2[C@@H](C)C1=O. The summed E-state index contributed by atoms with van der Waals surface area (Å²) in [6.45, 7) is 13.1. The number of carbonyl (C=O) groups is 2. The van der Waals surface area contributed by atoms with Gasteiger partial charge in [-0.3, -0.25) is 4.98 Å². The first-order valence-electron chi connectivity index (χ1n) is 13.0. The van der Waals surface area contributed by atoms with Crippen molar-refractivity contribution in [3.05, 3.63) is 88.6 Å². The molecule has 2 aliphatic carbocycles. The van der Waals surface area contributed by atoms with Crippen LogP contribution in [0, 0.1) is 24.2 Å². The molecule has 2 heterocycles. The predicted molar refractivity (Wildman–Crippen MR) is 142 cm³/mol. The van der Waals surface area contributed by atoms with E-state index in [0.717, 1.165) is 28.9 Å². The maximum atomic E-state index is 15.1. The number of nitrogens with zero attached hydrogens (tertiary/aromatic N) is 4. The van der Waals surface area contributed by atoms with Gasteiger partial charge in [0, 0.05) is 46.3 Å². The first kappa shape index (κ1) is 25.6. The van der Waals surface area contributed by atoms with Gasteiger partial charge in [-0.05, 0) is 62.8 Å². The highest BCUT2D eigenvalue weighted by atomic mass is 19.1. The highest BCUT2D eigenvalue weighted by molar-refractivity contribution is 6.00. The van der Waals surface area contributed by atoms with E-state index in [4.69, 9.17) is 16.5 Å². The summed E-state index contributed by atoms with van der Waals surface area (Å²) in [5.41, 5.74) is 3.58. The Morgan fingerprint density at radius 1 is 1.24 bits per heavy atom. The van der Waals surface area contributed by atoms with Crippen molar-refractivity contribution in [3.63, 3.8) is 0 Å². The molecule has 0 unspecified atom stereocenters. The molecule has 1 aromatic carbocycles. The number of aryl methyl sites for hydroxylation is 1. The highest BCUT2D eigenvalue weighted by Crippen LogP contribution is 2.51. The van der Waals surface area contributed by atoms with Crippen LogP contribution in [0.4, 0.5) is 4.39 Å². The van der Waals surface area contributed by atoms with E-state index in [1.807, 2.05) is 26.0 Å². The van der Waals surface area contributed by atoms with Crippen LogP contribution >= 0.6 is 0 Å². The van der Waals surface area contributed by atoms with Crippen LogP contribution in [-0.2, 0) is 27.8 Å². The summed E-state index contributed by atoms with van der Waals surface area (Å²) in [5.74, 6) is -0.241. The van der Waals surface area contributed by atoms with Crippen LogP contribution in [0.2, 0.25) is 0 Å². The summed E-state index contributed by atoms with van der Waals surface area (Å²) in [6.07, 6.45) is 6.65. The third-order valence-electron chi connectivity index (χ3n) is 7.99. The molecule has 38 heavy (non-hydrogen) atoms. The molecule has 0 aliphatic heterocycles. The van der Waals surface area contributed by atoms with E-state index in [1.54, 1.807) is 37.4 Å². The van der Waals surface area contributed by atoms with Crippen LogP contribution in [0.15, 0.2) is 54.4 Å². The molecule has 2 aromatic heterocycles. The van der Waals surface area contributed by atoms with Crippen molar-refractivity contribution in [1.29, 1.82) is 0 Å². The van der Waals surface area contributed by atoms with Crippen molar-refractivity contribution < 1.29 is 14.0 Å². The van der Waals surface area contributed by atoms with Crippen molar-refractivity contribution in [3.8, 4) is 22.6 Å². The fraction of sp³-hybridized carbons (Fsp3) is 0.355. The second-order valence-electron chi connectivity index (χ2n) is 10.5. The molecule has 5 rings (SSSR count). The van der Waals surface area contributed by atoms with Gasteiger partial charge in [0.15, 0.2) is 11.6 Å². The number of halogens is 1. The average molecular weight is 509 g/mol. The Morgan fingerprint density at radius 3 is 2.76 bits per heavy atom. The monoisotopic (exact) mass is 508 g/mol. The first-order valence-corrected chi connectivity index (χ1v) is 13.0. The summed E-state index contributed by atoms with van der Waals surface area (Å²) in [6, 6.07) is 10.3. The van der Waals surface area contributed by atoms with Gasteiger partial charge in [0.25, 0.3) is 0 Å². The first-order chi connectivity index (χ1) is 18.2. The Morgan fingerprint density at radius 2 is 2.03 bits per heavy atom. The minimum absolute atomic E-state index is 0.0243. The zero-order valence-corrected chi connectivity index (χ0v) is 21.8. The van der Waals surface area contributed by atoms with Gasteiger partial charge >= 0.3 is 0 Å². The Balaban J connectivity index is 1.71. The van der Waals surface area contributed by atoms with Crippen molar-refractivity contribution in [2.75, 3.05) is 0 Å². The van der Waals surface area contributed by atoms with Gasteiger partial charge in [-0.2, -0.15) is 0 Å².